The molecule has 0 saturated heterocycles. The number of benzene rings is 3. The van der Waals surface area contributed by atoms with Gasteiger partial charge in [0.05, 0.1) is 11.9 Å². The zero-order chi connectivity index (χ0) is 29.3. The van der Waals surface area contributed by atoms with Crippen molar-refractivity contribution in [3.63, 3.8) is 0 Å². The summed E-state index contributed by atoms with van der Waals surface area (Å²) in [5.74, 6) is -0.345. The van der Waals surface area contributed by atoms with E-state index in [-0.39, 0.29) is 12.5 Å². The molecule has 0 heterocycles. The summed E-state index contributed by atoms with van der Waals surface area (Å²) in [4.78, 5) is 28.0. The molecule has 8 nitrogen and oxygen atoms in total. The minimum atomic E-state index is -3.86. The standard InChI is InChI=1S/C29H33Cl2N3O5S/c1-4-27(29(36)32-5-2)33(18-22-11-12-23(30)17-26(22)31)28(35)19-34(40(3,37)38)24-13-15-25(16-14-24)39-20-21-9-7-6-8-10-21/h6-17,27H,4-5,18-20H2,1-3H3,(H,32,36)/t27-/m0/s1. The lowest BCUT2D eigenvalue weighted by atomic mass is 10.1. The normalized spacial score (nSPS) is 11.9. The van der Waals surface area contributed by atoms with E-state index in [1.54, 1.807) is 56.3 Å². The molecule has 11 heteroatoms. The Morgan fingerprint density at radius 3 is 2.23 bits per heavy atom. The number of rotatable bonds is 13. The summed E-state index contributed by atoms with van der Waals surface area (Å²) in [6.45, 7) is 3.79. The highest BCUT2D eigenvalue weighted by Crippen LogP contribution is 2.26. The number of sulfonamides is 1. The van der Waals surface area contributed by atoms with Crippen LogP contribution in [0, 0.1) is 0 Å². The fourth-order valence-electron chi connectivity index (χ4n) is 4.11. The monoisotopic (exact) mass is 605 g/mol. The molecule has 214 valence electrons. The highest BCUT2D eigenvalue weighted by Gasteiger charge is 2.32. The predicted molar refractivity (Wildman–Crippen MR) is 159 cm³/mol. The van der Waals surface area contributed by atoms with Crippen LogP contribution in [0.1, 0.15) is 31.4 Å². The molecule has 0 aliphatic heterocycles. The number of amides is 2. The molecule has 1 atom stereocenters. The van der Waals surface area contributed by atoms with E-state index in [4.69, 9.17) is 27.9 Å². The molecule has 0 radical (unpaired) electrons. The lowest BCUT2D eigenvalue weighted by Crippen LogP contribution is -2.52. The van der Waals surface area contributed by atoms with Gasteiger partial charge >= 0.3 is 0 Å². The number of carbonyl (C=O) groups is 2. The molecule has 0 aromatic heterocycles. The Balaban J connectivity index is 1.86. The maximum atomic E-state index is 13.7. The highest BCUT2D eigenvalue weighted by molar-refractivity contribution is 7.92. The number of hydrogen-bond acceptors (Lipinski definition) is 5. The number of halogens is 2. The van der Waals surface area contributed by atoms with Gasteiger partial charge in [-0.2, -0.15) is 0 Å². The Morgan fingerprint density at radius 2 is 1.65 bits per heavy atom. The molecule has 0 fully saturated rings. The quantitative estimate of drug-likeness (QED) is 0.286. The van der Waals surface area contributed by atoms with Crippen LogP contribution >= 0.6 is 23.2 Å². The van der Waals surface area contributed by atoms with Gasteiger partial charge in [-0.1, -0.05) is 66.5 Å². The number of hydrogen-bond donors (Lipinski definition) is 1. The van der Waals surface area contributed by atoms with Gasteiger partial charge in [-0.15, -0.1) is 0 Å². The molecular formula is C29H33Cl2N3O5S. The Kier molecular flexibility index (Phi) is 11.2. The fourth-order valence-corrected chi connectivity index (χ4v) is 5.43. The first-order valence-corrected chi connectivity index (χ1v) is 15.4. The maximum Gasteiger partial charge on any atom is 0.244 e. The first kappa shape index (κ1) is 31.3. The van der Waals surface area contributed by atoms with E-state index < -0.39 is 28.5 Å². The van der Waals surface area contributed by atoms with Gasteiger partial charge in [-0.25, -0.2) is 8.42 Å². The smallest absolute Gasteiger partial charge is 0.244 e. The van der Waals surface area contributed by atoms with Gasteiger partial charge in [-0.3, -0.25) is 13.9 Å². The van der Waals surface area contributed by atoms with Crippen molar-refractivity contribution in [2.45, 2.75) is 39.5 Å². The third kappa shape index (κ3) is 8.61. The van der Waals surface area contributed by atoms with Gasteiger partial charge < -0.3 is 15.0 Å². The van der Waals surface area contributed by atoms with Crippen molar-refractivity contribution in [3.8, 4) is 5.75 Å². The second-order valence-corrected chi connectivity index (χ2v) is 11.9. The van der Waals surface area contributed by atoms with Gasteiger partial charge in [0.25, 0.3) is 0 Å². The SMILES string of the molecule is CCNC(=O)[C@H](CC)N(Cc1ccc(Cl)cc1Cl)C(=O)CN(c1ccc(OCc2ccccc2)cc1)S(C)(=O)=O. The largest absolute Gasteiger partial charge is 0.489 e. The van der Waals surface area contributed by atoms with Crippen molar-refractivity contribution in [1.82, 2.24) is 10.2 Å². The minimum Gasteiger partial charge on any atom is -0.489 e. The maximum absolute atomic E-state index is 13.7. The van der Waals surface area contributed by atoms with E-state index in [1.165, 1.54) is 4.90 Å². The fraction of sp³-hybridized carbons (Fsp3) is 0.310. The van der Waals surface area contributed by atoms with Crippen LogP contribution in [-0.4, -0.2) is 50.5 Å². The zero-order valence-corrected chi connectivity index (χ0v) is 25.0. The van der Waals surface area contributed by atoms with Crippen molar-refractivity contribution in [3.05, 3.63) is 94.0 Å². The van der Waals surface area contributed by atoms with Crippen molar-refractivity contribution < 1.29 is 22.7 Å². The topological polar surface area (TPSA) is 96.0 Å². The van der Waals surface area contributed by atoms with E-state index in [0.29, 0.717) is 46.6 Å². The van der Waals surface area contributed by atoms with Crippen LogP contribution in [0.4, 0.5) is 5.69 Å². The molecule has 0 saturated carbocycles. The van der Waals surface area contributed by atoms with Crippen molar-refractivity contribution >= 4 is 50.7 Å². The molecule has 0 aliphatic carbocycles. The summed E-state index contributed by atoms with van der Waals surface area (Å²) in [5, 5.41) is 3.52. The summed E-state index contributed by atoms with van der Waals surface area (Å²) in [6.07, 6.45) is 1.34. The van der Waals surface area contributed by atoms with Crippen LogP contribution in [0.2, 0.25) is 10.0 Å². The summed E-state index contributed by atoms with van der Waals surface area (Å²) in [5.41, 5.74) is 1.86. The minimum absolute atomic E-state index is 0.00561. The van der Waals surface area contributed by atoms with Crippen molar-refractivity contribution in [2.24, 2.45) is 0 Å². The second-order valence-electron chi connectivity index (χ2n) is 9.11. The molecule has 0 bridgehead atoms. The van der Waals surface area contributed by atoms with E-state index in [2.05, 4.69) is 5.32 Å². The molecule has 1 N–H and O–H groups in total. The molecular weight excluding hydrogens is 573 g/mol. The number of nitrogens with one attached hydrogen (secondary N) is 1. The van der Waals surface area contributed by atoms with E-state index in [1.807, 2.05) is 30.3 Å². The van der Waals surface area contributed by atoms with E-state index in [9.17, 15) is 18.0 Å². The summed E-state index contributed by atoms with van der Waals surface area (Å²) in [7, 11) is -3.86. The number of nitrogens with zero attached hydrogens (tertiary/aromatic N) is 2. The van der Waals surface area contributed by atoms with Crippen LogP contribution in [0.3, 0.4) is 0 Å². The molecule has 0 unspecified atom stereocenters. The predicted octanol–water partition coefficient (Wildman–Crippen LogP) is 5.28. The highest BCUT2D eigenvalue weighted by atomic mass is 35.5. The van der Waals surface area contributed by atoms with Crippen LogP contribution in [-0.2, 0) is 32.8 Å². The average Bonchev–Trinajstić information content (AvgIpc) is 2.92. The Labute approximate surface area is 245 Å². The Morgan fingerprint density at radius 1 is 0.975 bits per heavy atom. The molecule has 0 aliphatic rings. The summed E-state index contributed by atoms with van der Waals surface area (Å²) >= 11 is 12.4. The summed E-state index contributed by atoms with van der Waals surface area (Å²) in [6, 6.07) is 20.1. The summed E-state index contributed by atoms with van der Waals surface area (Å²) < 4.78 is 32.5. The Hall–Kier alpha value is -3.27. The number of anilines is 1. The first-order valence-electron chi connectivity index (χ1n) is 12.8. The third-order valence-electron chi connectivity index (χ3n) is 6.14. The molecule has 40 heavy (non-hydrogen) atoms. The molecule has 3 rings (SSSR count). The Bertz CT molecular complexity index is 1400. The van der Waals surface area contributed by atoms with Crippen LogP contribution < -0.4 is 14.4 Å². The number of ether oxygens (including phenoxy) is 1. The number of likely N-dealkylation sites (N-methyl/N-ethyl adjacent to an activating group) is 1. The molecule has 3 aromatic carbocycles. The van der Waals surface area contributed by atoms with Gasteiger partial charge in [-0.05, 0) is 60.9 Å². The van der Waals surface area contributed by atoms with Crippen LogP contribution in [0.5, 0.6) is 5.75 Å². The number of carbonyl (C=O) groups excluding carboxylic acids is 2. The van der Waals surface area contributed by atoms with Gasteiger partial charge in [0.1, 0.15) is 24.9 Å². The second kappa shape index (κ2) is 14.4. The molecule has 2 amide bonds. The van der Waals surface area contributed by atoms with Crippen LogP contribution in [0.25, 0.3) is 0 Å². The van der Waals surface area contributed by atoms with Crippen molar-refractivity contribution in [2.75, 3.05) is 23.7 Å². The first-order chi connectivity index (χ1) is 19.0. The molecule has 3 aromatic rings. The van der Waals surface area contributed by atoms with Crippen LogP contribution in [0.15, 0.2) is 72.8 Å². The lowest BCUT2D eigenvalue weighted by molar-refractivity contribution is -0.140. The van der Waals surface area contributed by atoms with Gasteiger partial charge in [0.15, 0.2) is 0 Å². The van der Waals surface area contributed by atoms with Crippen molar-refractivity contribution in [1.29, 1.82) is 0 Å². The average molecular weight is 607 g/mol. The van der Waals surface area contributed by atoms with Gasteiger partial charge in [0.2, 0.25) is 21.8 Å². The van der Waals surface area contributed by atoms with E-state index >= 15 is 0 Å². The lowest BCUT2D eigenvalue weighted by Gasteiger charge is -2.33. The van der Waals surface area contributed by atoms with Gasteiger partial charge in [0, 0.05) is 23.1 Å². The zero-order valence-electron chi connectivity index (χ0n) is 22.6. The molecule has 0 spiro atoms. The van der Waals surface area contributed by atoms with E-state index in [0.717, 1.165) is 16.1 Å². The third-order valence-corrected chi connectivity index (χ3v) is 7.87.